The molecule has 1 aromatic carbocycles. The fourth-order valence-electron chi connectivity index (χ4n) is 2.18. The molecule has 0 aliphatic carbocycles. The van der Waals surface area contributed by atoms with E-state index in [0.717, 1.165) is 41.7 Å². The van der Waals surface area contributed by atoms with Crippen molar-refractivity contribution in [3.8, 4) is 0 Å². The summed E-state index contributed by atoms with van der Waals surface area (Å²) in [6.07, 6.45) is 1.90. The molecule has 0 radical (unpaired) electrons. The van der Waals surface area contributed by atoms with Crippen molar-refractivity contribution in [3.63, 3.8) is 0 Å². The smallest absolute Gasteiger partial charge is 0.0642 e. The first-order valence-corrected chi connectivity index (χ1v) is 6.19. The van der Waals surface area contributed by atoms with Gasteiger partial charge in [0.05, 0.1) is 13.2 Å². The molecular formula is C13H14N2OS. The van der Waals surface area contributed by atoms with E-state index in [0.29, 0.717) is 0 Å². The second kappa shape index (κ2) is 4.47. The van der Waals surface area contributed by atoms with Crippen molar-refractivity contribution < 1.29 is 4.74 Å². The number of fused-ring (bicyclic) bond motifs is 1. The van der Waals surface area contributed by atoms with Crippen LogP contribution < -0.4 is 4.90 Å². The van der Waals surface area contributed by atoms with Crippen LogP contribution in [-0.4, -0.2) is 31.3 Å². The van der Waals surface area contributed by atoms with E-state index in [-0.39, 0.29) is 0 Å². The normalized spacial score (nSPS) is 16.4. The molecule has 3 rings (SSSR count). The second-order valence-electron chi connectivity index (χ2n) is 4.17. The van der Waals surface area contributed by atoms with Gasteiger partial charge in [0, 0.05) is 40.4 Å². The molecular weight excluding hydrogens is 232 g/mol. The van der Waals surface area contributed by atoms with Gasteiger partial charge in [-0.3, -0.25) is 0 Å². The van der Waals surface area contributed by atoms with Crippen molar-refractivity contribution in [2.24, 2.45) is 0 Å². The van der Waals surface area contributed by atoms with Gasteiger partial charge in [-0.1, -0.05) is 12.2 Å². The highest BCUT2D eigenvalue weighted by molar-refractivity contribution is 7.71. The molecule has 0 spiro atoms. The number of nitrogens with one attached hydrogen (secondary N) is 1. The Morgan fingerprint density at radius 1 is 1.18 bits per heavy atom. The summed E-state index contributed by atoms with van der Waals surface area (Å²) in [6.45, 7) is 3.53. The monoisotopic (exact) mass is 246 g/mol. The average molecular weight is 246 g/mol. The molecule has 1 aliphatic heterocycles. The summed E-state index contributed by atoms with van der Waals surface area (Å²) in [5.74, 6) is 0. The maximum Gasteiger partial charge on any atom is 0.0642 e. The lowest BCUT2D eigenvalue weighted by atomic mass is 10.2. The number of morpholine rings is 1. The fraction of sp³-hybridized carbons (Fsp3) is 0.308. The maximum absolute atomic E-state index is 5.36. The van der Waals surface area contributed by atoms with Gasteiger partial charge in [-0.2, -0.15) is 0 Å². The quantitative estimate of drug-likeness (QED) is 0.784. The Kier molecular flexibility index (Phi) is 2.82. The van der Waals surface area contributed by atoms with Crippen LogP contribution in [0.4, 0.5) is 5.69 Å². The van der Waals surface area contributed by atoms with E-state index in [1.165, 1.54) is 5.69 Å². The van der Waals surface area contributed by atoms with Gasteiger partial charge in [-0.05, 0) is 24.3 Å². The summed E-state index contributed by atoms with van der Waals surface area (Å²) in [6, 6.07) is 8.32. The van der Waals surface area contributed by atoms with Crippen LogP contribution in [0, 0.1) is 4.51 Å². The van der Waals surface area contributed by atoms with Crippen molar-refractivity contribution in [1.29, 1.82) is 0 Å². The summed E-state index contributed by atoms with van der Waals surface area (Å²) in [5, 5.41) is 1.11. The molecule has 1 saturated heterocycles. The van der Waals surface area contributed by atoms with Gasteiger partial charge in [-0.25, -0.2) is 0 Å². The number of rotatable bonds is 1. The number of ether oxygens (including phenoxy) is 1. The van der Waals surface area contributed by atoms with Crippen LogP contribution in [0.15, 0.2) is 30.5 Å². The van der Waals surface area contributed by atoms with Gasteiger partial charge < -0.3 is 14.6 Å². The second-order valence-corrected chi connectivity index (χ2v) is 4.61. The average Bonchev–Trinajstić information content (AvgIpc) is 2.40. The van der Waals surface area contributed by atoms with Crippen LogP contribution in [0.2, 0.25) is 0 Å². The van der Waals surface area contributed by atoms with Crippen molar-refractivity contribution >= 4 is 28.8 Å². The summed E-state index contributed by atoms with van der Waals surface area (Å²) in [7, 11) is 0. The summed E-state index contributed by atoms with van der Waals surface area (Å²) >= 11 is 5.30. The first-order valence-electron chi connectivity index (χ1n) is 5.79. The van der Waals surface area contributed by atoms with Gasteiger partial charge in [0.25, 0.3) is 0 Å². The molecule has 1 fully saturated rings. The van der Waals surface area contributed by atoms with Gasteiger partial charge in [-0.15, -0.1) is 0 Å². The molecule has 0 amide bonds. The topological polar surface area (TPSA) is 28.3 Å². The van der Waals surface area contributed by atoms with Crippen LogP contribution in [-0.2, 0) is 4.74 Å². The highest BCUT2D eigenvalue weighted by Gasteiger charge is 2.11. The number of aromatic nitrogens is 1. The molecule has 2 heterocycles. The lowest BCUT2D eigenvalue weighted by Gasteiger charge is -2.29. The molecule has 0 bridgehead atoms. The maximum atomic E-state index is 5.36. The minimum absolute atomic E-state index is 0.808. The minimum Gasteiger partial charge on any atom is -0.378 e. The lowest BCUT2D eigenvalue weighted by molar-refractivity contribution is 0.122. The Morgan fingerprint density at radius 2 is 2.00 bits per heavy atom. The van der Waals surface area contributed by atoms with E-state index in [1.807, 2.05) is 12.3 Å². The van der Waals surface area contributed by atoms with E-state index in [4.69, 9.17) is 17.0 Å². The standard InChI is InChI=1S/C13H14N2OS/c17-13-3-4-14-12-9-10(1-2-11(12)13)15-5-7-16-8-6-15/h1-4,9H,5-8H2,(H,14,17). The number of nitrogens with zero attached hydrogens (tertiary/aromatic N) is 1. The Labute approximate surface area is 105 Å². The number of benzene rings is 1. The first-order chi connectivity index (χ1) is 8.34. The third-order valence-corrected chi connectivity index (χ3v) is 3.47. The van der Waals surface area contributed by atoms with Crippen LogP contribution in [0.3, 0.4) is 0 Å². The summed E-state index contributed by atoms with van der Waals surface area (Å²) < 4.78 is 6.26. The van der Waals surface area contributed by atoms with E-state index in [2.05, 4.69) is 28.1 Å². The molecule has 1 aliphatic rings. The number of aromatic amines is 1. The van der Waals surface area contributed by atoms with Crippen LogP contribution in [0.5, 0.6) is 0 Å². The summed E-state index contributed by atoms with van der Waals surface area (Å²) in [5.41, 5.74) is 2.33. The highest BCUT2D eigenvalue weighted by Crippen LogP contribution is 2.22. The van der Waals surface area contributed by atoms with E-state index >= 15 is 0 Å². The van der Waals surface area contributed by atoms with Crippen LogP contribution in [0.1, 0.15) is 0 Å². The van der Waals surface area contributed by atoms with Crippen molar-refractivity contribution in [1.82, 2.24) is 4.98 Å². The Morgan fingerprint density at radius 3 is 2.82 bits per heavy atom. The largest absolute Gasteiger partial charge is 0.378 e. The number of pyridine rings is 1. The van der Waals surface area contributed by atoms with Gasteiger partial charge in [0.1, 0.15) is 0 Å². The minimum atomic E-state index is 0.808. The van der Waals surface area contributed by atoms with Gasteiger partial charge in [0.2, 0.25) is 0 Å². The van der Waals surface area contributed by atoms with E-state index < -0.39 is 0 Å². The van der Waals surface area contributed by atoms with Crippen LogP contribution in [0.25, 0.3) is 10.9 Å². The predicted molar refractivity (Wildman–Crippen MR) is 72.2 cm³/mol. The van der Waals surface area contributed by atoms with Gasteiger partial charge in [0.15, 0.2) is 0 Å². The number of hydrogen-bond donors (Lipinski definition) is 1. The molecule has 17 heavy (non-hydrogen) atoms. The molecule has 0 saturated carbocycles. The third kappa shape index (κ3) is 2.06. The molecule has 88 valence electrons. The zero-order valence-electron chi connectivity index (χ0n) is 9.48. The van der Waals surface area contributed by atoms with Gasteiger partial charge >= 0.3 is 0 Å². The number of anilines is 1. The van der Waals surface area contributed by atoms with Crippen molar-refractivity contribution in [2.75, 3.05) is 31.2 Å². The fourth-order valence-corrected chi connectivity index (χ4v) is 2.43. The lowest BCUT2D eigenvalue weighted by Crippen LogP contribution is -2.36. The predicted octanol–water partition coefficient (Wildman–Crippen LogP) is 2.73. The first kappa shape index (κ1) is 10.7. The SMILES string of the molecule is S=c1cc[nH]c2cc(N3CCOCC3)ccc12. The van der Waals surface area contributed by atoms with Crippen LogP contribution >= 0.6 is 12.2 Å². The Bertz CT molecular complexity index is 587. The van der Waals surface area contributed by atoms with E-state index in [9.17, 15) is 0 Å². The Hall–Kier alpha value is -1.39. The number of hydrogen-bond acceptors (Lipinski definition) is 3. The molecule has 1 N–H and O–H groups in total. The van der Waals surface area contributed by atoms with E-state index in [1.54, 1.807) is 0 Å². The highest BCUT2D eigenvalue weighted by atomic mass is 32.1. The van der Waals surface area contributed by atoms with Crippen molar-refractivity contribution in [3.05, 3.63) is 35.0 Å². The summed E-state index contributed by atoms with van der Waals surface area (Å²) in [4.78, 5) is 5.59. The zero-order chi connectivity index (χ0) is 11.7. The van der Waals surface area contributed by atoms with Crippen molar-refractivity contribution in [2.45, 2.75) is 0 Å². The number of H-pyrrole nitrogens is 1. The Balaban J connectivity index is 2.04. The molecule has 0 unspecified atom stereocenters. The molecule has 2 aromatic rings. The molecule has 0 atom stereocenters. The third-order valence-electron chi connectivity index (χ3n) is 3.12. The zero-order valence-corrected chi connectivity index (χ0v) is 10.3. The molecule has 1 aromatic heterocycles. The molecule has 3 nitrogen and oxygen atoms in total. The molecule has 4 heteroatoms.